The highest BCUT2D eigenvalue weighted by molar-refractivity contribution is 5.81. The SMILES string of the molecule is CC1(OCC(=O)NCCNC(=O)C2CC2)CNC1. The van der Waals surface area contributed by atoms with Gasteiger partial charge in [0.15, 0.2) is 0 Å². The minimum atomic E-state index is -0.197. The second-order valence-corrected chi connectivity index (χ2v) is 5.26. The topological polar surface area (TPSA) is 79.5 Å². The predicted octanol–water partition coefficient (Wildman–Crippen LogP) is -0.993. The number of amides is 2. The molecular formula is C12H21N3O3. The van der Waals surface area contributed by atoms with E-state index in [0.717, 1.165) is 25.9 Å². The van der Waals surface area contributed by atoms with Gasteiger partial charge >= 0.3 is 0 Å². The van der Waals surface area contributed by atoms with Crippen LogP contribution in [0.25, 0.3) is 0 Å². The van der Waals surface area contributed by atoms with Gasteiger partial charge in [-0.2, -0.15) is 0 Å². The second-order valence-electron chi connectivity index (χ2n) is 5.26. The Bertz CT molecular complexity index is 325. The lowest BCUT2D eigenvalue weighted by atomic mass is 10.0. The Morgan fingerprint density at radius 3 is 2.50 bits per heavy atom. The molecule has 0 spiro atoms. The van der Waals surface area contributed by atoms with Crippen molar-refractivity contribution in [3.8, 4) is 0 Å². The molecule has 0 radical (unpaired) electrons. The van der Waals surface area contributed by atoms with Crippen LogP contribution in [-0.4, -0.2) is 50.2 Å². The van der Waals surface area contributed by atoms with E-state index < -0.39 is 0 Å². The molecule has 0 aromatic heterocycles. The first-order valence-electron chi connectivity index (χ1n) is 6.48. The van der Waals surface area contributed by atoms with Crippen molar-refractivity contribution < 1.29 is 14.3 Å². The smallest absolute Gasteiger partial charge is 0.246 e. The molecule has 1 saturated heterocycles. The minimum Gasteiger partial charge on any atom is -0.363 e. The van der Waals surface area contributed by atoms with Crippen LogP contribution in [0.15, 0.2) is 0 Å². The molecule has 6 nitrogen and oxygen atoms in total. The van der Waals surface area contributed by atoms with Gasteiger partial charge in [0, 0.05) is 32.1 Å². The number of carbonyl (C=O) groups is 2. The van der Waals surface area contributed by atoms with Crippen molar-refractivity contribution in [2.24, 2.45) is 5.92 Å². The number of hydrogen-bond donors (Lipinski definition) is 3. The summed E-state index contributed by atoms with van der Waals surface area (Å²) < 4.78 is 5.49. The summed E-state index contributed by atoms with van der Waals surface area (Å²) in [7, 11) is 0. The number of carbonyl (C=O) groups excluding carboxylic acids is 2. The van der Waals surface area contributed by atoms with Crippen LogP contribution in [0.5, 0.6) is 0 Å². The molecule has 18 heavy (non-hydrogen) atoms. The molecule has 2 aliphatic rings. The van der Waals surface area contributed by atoms with Crippen molar-refractivity contribution >= 4 is 11.8 Å². The third kappa shape index (κ3) is 3.96. The van der Waals surface area contributed by atoms with E-state index in [1.54, 1.807) is 0 Å². The Morgan fingerprint density at radius 1 is 1.28 bits per heavy atom. The van der Waals surface area contributed by atoms with Gasteiger partial charge in [-0.3, -0.25) is 9.59 Å². The zero-order chi connectivity index (χ0) is 13.0. The molecule has 6 heteroatoms. The van der Waals surface area contributed by atoms with Gasteiger partial charge in [-0.05, 0) is 19.8 Å². The fourth-order valence-electron chi connectivity index (χ4n) is 1.75. The summed E-state index contributed by atoms with van der Waals surface area (Å²) in [5.74, 6) is 0.187. The van der Waals surface area contributed by atoms with E-state index >= 15 is 0 Å². The van der Waals surface area contributed by atoms with Gasteiger partial charge < -0.3 is 20.7 Å². The highest BCUT2D eigenvalue weighted by atomic mass is 16.5. The lowest BCUT2D eigenvalue weighted by Gasteiger charge is -2.38. The van der Waals surface area contributed by atoms with Crippen LogP contribution in [0.3, 0.4) is 0 Å². The van der Waals surface area contributed by atoms with Gasteiger partial charge in [0.05, 0.1) is 5.60 Å². The van der Waals surface area contributed by atoms with Crippen molar-refractivity contribution in [3.63, 3.8) is 0 Å². The van der Waals surface area contributed by atoms with Crippen LogP contribution in [-0.2, 0) is 14.3 Å². The summed E-state index contributed by atoms with van der Waals surface area (Å²) in [6, 6.07) is 0. The van der Waals surface area contributed by atoms with Gasteiger partial charge in [-0.1, -0.05) is 0 Å². The zero-order valence-corrected chi connectivity index (χ0v) is 10.8. The van der Waals surface area contributed by atoms with E-state index in [4.69, 9.17) is 4.74 Å². The Balaban J connectivity index is 1.47. The Kier molecular flexibility index (Phi) is 4.19. The Labute approximate surface area is 107 Å². The molecule has 1 aliphatic heterocycles. The fraction of sp³-hybridized carbons (Fsp3) is 0.833. The highest BCUT2D eigenvalue weighted by Crippen LogP contribution is 2.28. The zero-order valence-electron chi connectivity index (χ0n) is 10.8. The lowest BCUT2D eigenvalue weighted by molar-refractivity contribution is -0.135. The maximum absolute atomic E-state index is 11.5. The summed E-state index contributed by atoms with van der Waals surface area (Å²) in [5, 5.41) is 8.61. The number of rotatable bonds is 7. The Hall–Kier alpha value is -1.14. The molecule has 3 N–H and O–H groups in total. The van der Waals surface area contributed by atoms with Gasteiger partial charge in [-0.15, -0.1) is 0 Å². The Morgan fingerprint density at radius 2 is 1.94 bits per heavy atom. The van der Waals surface area contributed by atoms with Crippen LogP contribution < -0.4 is 16.0 Å². The molecule has 1 saturated carbocycles. The standard InChI is InChI=1S/C12H21N3O3/c1-12(7-13-8-12)18-6-10(16)14-4-5-15-11(17)9-2-3-9/h9,13H,2-8H2,1H3,(H,14,16)(H,15,17). The molecule has 1 heterocycles. The monoisotopic (exact) mass is 255 g/mol. The third-order valence-corrected chi connectivity index (χ3v) is 3.24. The minimum absolute atomic E-state index is 0.0781. The average Bonchev–Trinajstić information content (AvgIpc) is 3.13. The maximum atomic E-state index is 11.5. The van der Waals surface area contributed by atoms with E-state index in [-0.39, 0.29) is 29.9 Å². The van der Waals surface area contributed by atoms with Crippen molar-refractivity contribution in [1.29, 1.82) is 0 Å². The van der Waals surface area contributed by atoms with Gasteiger partial charge in [-0.25, -0.2) is 0 Å². The molecule has 0 aromatic carbocycles. The van der Waals surface area contributed by atoms with E-state index in [1.165, 1.54) is 0 Å². The molecule has 0 aromatic rings. The molecule has 0 atom stereocenters. The van der Waals surface area contributed by atoms with E-state index in [2.05, 4.69) is 16.0 Å². The number of hydrogen-bond acceptors (Lipinski definition) is 4. The van der Waals surface area contributed by atoms with Crippen molar-refractivity contribution in [3.05, 3.63) is 0 Å². The van der Waals surface area contributed by atoms with Gasteiger partial charge in [0.2, 0.25) is 11.8 Å². The molecule has 102 valence electrons. The van der Waals surface area contributed by atoms with Crippen LogP contribution in [0.1, 0.15) is 19.8 Å². The predicted molar refractivity (Wildman–Crippen MR) is 66.0 cm³/mol. The van der Waals surface area contributed by atoms with E-state index in [0.29, 0.717) is 13.1 Å². The van der Waals surface area contributed by atoms with Crippen molar-refractivity contribution in [2.45, 2.75) is 25.4 Å². The molecule has 2 amide bonds. The van der Waals surface area contributed by atoms with E-state index in [1.807, 2.05) is 6.92 Å². The largest absolute Gasteiger partial charge is 0.363 e. The lowest BCUT2D eigenvalue weighted by Crippen LogP contribution is -2.59. The molecule has 2 fully saturated rings. The second kappa shape index (κ2) is 5.67. The van der Waals surface area contributed by atoms with Crippen LogP contribution in [0.2, 0.25) is 0 Å². The molecule has 1 aliphatic carbocycles. The summed E-state index contributed by atoms with van der Waals surface area (Å²) in [6.07, 6.45) is 2.00. The first-order valence-corrected chi connectivity index (χ1v) is 6.48. The van der Waals surface area contributed by atoms with Gasteiger partial charge in [0.1, 0.15) is 6.61 Å². The highest BCUT2D eigenvalue weighted by Gasteiger charge is 2.33. The molecule has 0 bridgehead atoms. The molecule has 0 unspecified atom stereocenters. The van der Waals surface area contributed by atoms with E-state index in [9.17, 15) is 9.59 Å². The average molecular weight is 255 g/mol. The fourth-order valence-corrected chi connectivity index (χ4v) is 1.75. The summed E-state index contributed by atoms with van der Waals surface area (Å²) in [4.78, 5) is 22.7. The number of ether oxygens (including phenoxy) is 1. The van der Waals surface area contributed by atoms with Crippen LogP contribution in [0, 0.1) is 5.92 Å². The summed E-state index contributed by atoms with van der Waals surface area (Å²) in [6.45, 7) is 4.58. The van der Waals surface area contributed by atoms with Crippen molar-refractivity contribution in [2.75, 3.05) is 32.8 Å². The summed E-state index contributed by atoms with van der Waals surface area (Å²) >= 11 is 0. The number of nitrogens with one attached hydrogen (secondary N) is 3. The molecule has 2 rings (SSSR count). The first-order chi connectivity index (χ1) is 8.59. The maximum Gasteiger partial charge on any atom is 0.246 e. The van der Waals surface area contributed by atoms with Gasteiger partial charge in [0.25, 0.3) is 0 Å². The van der Waals surface area contributed by atoms with Crippen LogP contribution >= 0.6 is 0 Å². The first kappa shape index (κ1) is 13.3. The normalized spacial score (nSPS) is 20.9. The van der Waals surface area contributed by atoms with Crippen molar-refractivity contribution in [1.82, 2.24) is 16.0 Å². The third-order valence-electron chi connectivity index (χ3n) is 3.24. The van der Waals surface area contributed by atoms with Crippen LogP contribution in [0.4, 0.5) is 0 Å². The summed E-state index contributed by atoms with van der Waals surface area (Å²) in [5.41, 5.74) is -0.197. The quantitative estimate of drug-likeness (QED) is 0.510. The molecular weight excluding hydrogens is 234 g/mol.